The number of piperazine rings is 1. The van der Waals surface area contributed by atoms with Gasteiger partial charge in [-0.15, -0.1) is 0 Å². The summed E-state index contributed by atoms with van der Waals surface area (Å²) in [6.45, 7) is 3.42. The Bertz CT molecular complexity index is 432. The Labute approximate surface area is 115 Å². The zero-order valence-corrected chi connectivity index (χ0v) is 12.0. The van der Waals surface area contributed by atoms with Crippen LogP contribution in [0.4, 0.5) is 0 Å². The van der Waals surface area contributed by atoms with Crippen LogP contribution in [-0.4, -0.2) is 44.7 Å². The molecule has 0 amide bonds. The van der Waals surface area contributed by atoms with E-state index in [-0.39, 0.29) is 0 Å². The quantitative estimate of drug-likeness (QED) is 0.876. The summed E-state index contributed by atoms with van der Waals surface area (Å²) in [6.07, 6.45) is 3.66. The van der Waals surface area contributed by atoms with Crippen molar-refractivity contribution in [1.29, 1.82) is 0 Å². The van der Waals surface area contributed by atoms with Crippen molar-refractivity contribution in [1.82, 2.24) is 10.2 Å². The van der Waals surface area contributed by atoms with Crippen molar-refractivity contribution in [3.63, 3.8) is 0 Å². The minimum absolute atomic E-state index is 0.673. The molecule has 3 nitrogen and oxygen atoms in total. The molecule has 1 fully saturated rings. The fraction of sp³-hybridized carbons (Fsp3) is 0.625. The fourth-order valence-corrected chi connectivity index (χ4v) is 3.66. The molecule has 1 saturated heterocycles. The van der Waals surface area contributed by atoms with E-state index in [4.69, 9.17) is 4.74 Å². The lowest BCUT2D eigenvalue weighted by molar-refractivity contribution is 0.132. The average Bonchev–Trinajstić information content (AvgIpc) is 2.46. The summed E-state index contributed by atoms with van der Waals surface area (Å²) >= 11 is 0. The largest absolute Gasteiger partial charge is 0.496 e. The Morgan fingerprint density at radius 1 is 1.37 bits per heavy atom. The van der Waals surface area contributed by atoms with Gasteiger partial charge in [0.2, 0.25) is 0 Å². The van der Waals surface area contributed by atoms with Crippen LogP contribution >= 0.6 is 0 Å². The average molecular weight is 260 g/mol. The molecule has 0 spiro atoms. The van der Waals surface area contributed by atoms with Crippen LogP contribution in [0, 0.1) is 5.92 Å². The molecule has 2 unspecified atom stereocenters. The first-order chi connectivity index (χ1) is 9.29. The molecular formula is C16H24N2O. The van der Waals surface area contributed by atoms with E-state index < -0.39 is 0 Å². The van der Waals surface area contributed by atoms with Crippen molar-refractivity contribution in [2.75, 3.05) is 33.8 Å². The molecule has 1 aliphatic heterocycles. The Balaban J connectivity index is 1.81. The van der Waals surface area contributed by atoms with Crippen molar-refractivity contribution in [2.24, 2.45) is 5.92 Å². The van der Waals surface area contributed by atoms with E-state index in [1.807, 2.05) is 0 Å². The number of hydrogen-bond donors (Lipinski definition) is 1. The highest BCUT2D eigenvalue weighted by Crippen LogP contribution is 2.34. The van der Waals surface area contributed by atoms with Crippen LogP contribution in [0.2, 0.25) is 0 Å². The first-order valence-corrected chi connectivity index (χ1v) is 7.35. The minimum Gasteiger partial charge on any atom is -0.496 e. The van der Waals surface area contributed by atoms with Gasteiger partial charge in [-0.1, -0.05) is 12.1 Å². The van der Waals surface area contributed by atoms with Gasteiger partial charge in [-0.2, -0.15) is 0 Å². The molecule has 0 bridgehead atoms. The molecule has 104 valence electrons. The number of fused-ring (bicyclic) bond motifs is 1. The smallest absolute Gasteiger partial charge is 0.122 e. The molecular weight excluding hydrogens is 236 g/mol. The van der Waals surface area contributed by atoms with Crippen molar-refractivity contribution in [3.05, 3.63) is 29.3 Å². The van der Waals surface area contributed by atoms with Gasteiger partial charge in [0, 0.05) is 25.7 Å². The number of ether oxygens (including phenoxy) is 1. The van der Waals surface area contributed by atoms with Crippen LogP contribution in [0.25, 0.3) is 0 Å². The zero-order valence-electron chi connectivity index (χ0n) is 12.0. The predicted octanol–water partition coefficient (Wildman–Crippen LogP) is 1.70. The lowest BCUT2D eigenvalue weighted by Crippen LogP contribution is -2.53. The third-order valence-electron chi connectivity index (χ3n) is 4.81. The second-order valence-corrected chi connectivity index (χ2v) is 5.85. The maximum atomic E-state index is 5.55. The Kier molecular flexibility index (Phi) is 3.76. The zero-order chi connectivity index (χ0) is 13.2. The first-order valence-electron chi connectivity index (χ1n) is 7.35. The van der Waals surface area contributed by atoms with Gasteiger partial charge in [0.15, 0.2) is 0 Å². The maximum Gasteiger partial charge on any atom is 0.122 e. The Morgan fingerprint density at radius 2 is 2.26 bits per heavy atom. The van der Waals surface area contributed by atoms with Gasteiger partial charge >= 0.3 is 0 Å². The minimum atomic E-state index is 0.673. The molecule has 1 aromatic carbocycles. The molecule has 1 heterocycles. The number of methoxy groups -OCH3 is 1. The van der Waals surface area contributed by atoms with Crippen LogP contribution in [-0.2, 0) is 12.8 Å². The third kappa shape index (κ3) is 2.49. The lowest BCUT2D eigenvalue weighted by Gasteiger charge is -2.40. The number of likely N-dealkylation sites (N-methyl/N-ethyl adjacent to an activating group) is 1. The standard InChI is InChI=1S/C16H24N2O/c1-18-9-8-17-11-15(18)13-7-6-12-4-3-5-16(19-2)14(12)10-13/h3-5,13,15,17H,6-11H2,1-2H3. The van der Waals surface area contributed by atoms with Crippen LogP contribution < -0.4 is 10.1 Å². The molecule has 19 heavy (non-hydrogen) atoms. The maximum absolute atomic E-state index is 5.55. The van der Waals surface area contributed by atoms with Crippen molar-refractivity contribution >= 4 is 0 Å². The number of rotatable bonds is 2. The number of benzene rings is 1. The molecule has 0 radical (unpaired) electrons. The molecule has 1 N–H and O–H groups in total. The van der Waals surface area contributed by atoms with Gasteiger partial charge in [0.25, 0.3) is 0 Å². The predicted molar refractivity (Wildman–Crippen MR) is 77.8 cm³/mol. The van der Waals surface area contributed by atoms with Crippen molar-refractivity contribution < 1.29 is 4.74 Å². The van der Waals surface area contributed by atoms with E-state index in [2.05, 4.69) is 35.5 Å². The summed E-state index contributed by atoms with van der Waals surface area (Å²) in [7, 11) is 4.05. The van der Waals surface area contributed by atoms with Gasteiger partial charge in [-0.25, -0.2) is 0 Å². The first kappa shape index (κ1) is 12.9. The van der Waals surface area contributed by atoms with E-state index in [0.717, 1.165) is 31.2 Å². The van der Waals surface area contributed by atoms with E-state index in [1.165, 1.54) is 30.5 Å². The SMILES string of the molecule is COc1cccc2c1CC(C1CNCCN1C)CC2. The van der Waals surface area contributed by atoms with Gasteiger partial charge in [0.1, 0.15) is 5.75 Å². The molecule has 1 aliphatic carbocycles. The number of hydrogen-bond acceptors (Lipinski definition) is 3. The Morgan fingerprint density at radius 3 is 3.05 bits per heavy atom. The topological polar surface area (TPSA) is 24.5 Å². The van der Waals surface area contributed by atoms with Crippen LogP contribution in [0.3, 0.4) is 0 Å². The summed E-state index contributed by atoms with van der Waals surface area (Å²) < 4.78 is 5.55. The third-order valence-corrected chi connectivity index (χ3v) is 4.81. The van der Waals surface area contributed by atoms with Crippen LogP contribution in [0.1, 0.15) is 17.5 Å². The summed E-state index contributed by atoms with van der Waals surface area (Å²) in [5.74, 6) is 1.83. The Hall–Kier alpha value is -1.06. The summed E-state index contributed by atoms with van der Waals surface area (Å²) in [6, 6.07) is 7.15. The van der Waals surface area contributed by atoms with Gasteiger partial charge in [-0.05, 0) is 49.4 Å². The molecule has 3 rings (SSSR count). The normalized spacial score (nSPS) is 27.9. The summed E-state index contributed by atoms with van der Waals surface area (Å²) in [5.41, 5.74) is 2.93. The highest BCUT2D eigenvalue weighted by molar-refractivity contribution is 5.42. The van der Waals surface area contributed by atoms with E-state index in [0.29, 0.717) is 6.04 Å². The number of nitrogens with zero attached hydrogens (tertiary/aromatic N) is 1. The molecule has 0 saturated carbocycles. The number of aryl methyl sites for hydroxylation is 1. The van der Waals surface area contributed by atoms with Gasteiger partial charge < -0.3 is 15.0 Å². The second kappa shape index (κ2) is 5.51. The van der Waals surface area contributed by atoms with Crippen molar-refractivity contribution in [3.8, 4) is 5.75 Å². The highest BCUT2D eigenvalue weighted by Gasteiger charge is 2.31. The van der Waals surface area contributed by atoms with Crippen LogP contribution in [0.5, 0.6) is 5.75 Å². The van der Waals surface area contributed by atoms with Gasteiger partial charge in [0.05, 0.1) is 7.11 Å². The molecule has 1 aromatic rings. The monoisotopic (exact) mass is 260 g/mol. The fourth-order valence-electron chi connectivity index (χ4n) is 3.66. The molecule has 0 aromatic heterocycles. The molecule has 2 aliphatic rings. The van der Waals surface area contributed by atoms with Gasteiger partial charge in [-0.3, -0.25) is 0 Å². The van der Waals surface area contributed by atoms with Crippen LogP contribution in [0.15, 0.2) is 18.2 Å². The van der Waals surface area contributed by atoms with E-state index in [1.54, 1.807) is 7.11 Å². The summed E-state index contributed by atoms with van der Waals surface area (Å²) in [4.78, 5) is 2.53. The second-order valence-electron chi connectivity index (χ2n) is 5.85. The summed E-state index contributed by atoms with van der Waals surface area (Å²) in [5, 5.41) is 3.54. The lowest BCUT2D eigenvalue weighted by atomic mass is 9.78. The van der Waals surface area contributed by atoms with Crippen molar-refractivity contribution in [2.45, 2.75) is 25.3 Å². The highest BCUT2D eigenvalue weighted by atomic mass is 16.5. The molecule has 3 heteroatoms. The van der Waals surface area contributed by atoms with E-state index >= 15 is 0 Å². The van der Waals surface area contributed by atoms with E-state index in [9.17, 15) is 0 Å². The number of nitrogens with one attached hydrogen (secondary N) is 1. The molecule has 2 atom stereocenters.